The zero-order valence-corrected chi connectivity index (χ0v) is 14.3. The van der Waals surface area contributed by atoms with Gasteiger partial charge in [0, 0.05) is 6.07 Å². The highest BCUT2D eigenvalue weighted by atomic mass is 32.2. The Morgan fingerprint density at radius 3 is 2.04 bits per heavy atom. The second-order valence-electron chi connectivity index (χ2n) is 5.53. The fourth-order valence-electron chi connectivity index (χ4n) is 2.45. The average molecular weight is 369 g/mol. The van der Waals surface area contributed by atoms with Crippen molar-refractivity contribution >= 4 is 21.7 Å². The first-order chi connectivity index (χ1) is 12.4. The van der Waals surface area contributed by atoms with Gasteiger partial charge in [0.25, 0.3) is 10.0 Å². The van der Waals surface area contributed by atoms with Crippen molar-refractivity contribution < 1.29 is 23.4 Å². The molecule has 0 atom stereocenters. The van der Waals surface area contributed by atoms with Crippen molar-refractivity contribution in [1.82, 2.24) is 0 Å². The number of sulfonamides is 1. The summed E-state index contributed by atoms with van der Waals surface area (Å²) < 4.78 is 27.3. The van der Waals surface area contributed by atoms with E-state index in [0.717, 1.165) is 23.3 Å². The second-order valence-corrected chi connectivity index (χ2v) is 7.22. The Hall–Kier alpha value is -3.32. The van der Waals surface area contributed by atoms with Crippen molar-refractivity contribution in [2.24, 2.45) is 0 Å². The third-order valence-electron chi connectivity index (χ3n) is 3.75. The lowest BCUT2D eigenvalue weighted by molar-refractivity contribution is 0.0694. The van der Waals surface area contributed by atoms with Crippen LogP contribution in [-0.4, -0.2) is 24.6 Å². The van der Waals surface area contributed by atoms with Crippen LogP contribution >= 0.6 is 0 Å². The maximum absolute atomic E-state index is 12.5. The van der Waals surface area contributed by atoms with E-state index in [0.29, 0.717) is 0 Å². The number of benzene rings is 3. The van der Waals surface area contributed by atoms with E-state index in [1.54, 1.807) is 12.1 Å². The molecule has 3 N–H and O–H groups in total. The number of carboxylic acid groups (broad SMARTS) is 1. The van der Waals surface area contributed by atoms with Gasteiger partial charge in [-0.3, -0.25) is 4.72 Å². The average Bonchev–Trinajstić information content (AvgIpc) is 2.62. The monoisotopic (exact) mass is 369 g/mol. The summed E-state index contributed by atoms with van der Waals surface area (Å²) in [5, 5.41) is 18.6. The fourth-order valence-corrected chi connectivity index (χ4v) is 3.50. The molecule has 3 rings (SSSR count). The normalized spacial score (nSPS) is 11.1. The van der Waals surface area contributed by atoms with E-state index in [2.05, 4.69) is 4.72 Å². The SMILES string of the molecule is O=C(O)c1ccc(NS(=O)(=O)c2ccc(-c3ccccc3)cc2)cc1O. The Morgan fingerprint density at radius 1 is 0.846 bits per heavy atom. The van der Waals surface area contributed by atoms with Crippen molar-refractivity contribution in [2.45, 2.75) is 4.90 Å². The highest BCUT2D eigenvalue weighted by molar-refractivity contribution is 7.92. The molecule has 0 unspecified atom stereocenters. The van der Waals surface area contributed by atoms with E-state index >= 15 is 0 Å². The van der Waals surface area contributed by atoms with E-state index in [4.69, 9.17) is 5.11 Å². The first kappa shape index (κ1) is 17.5. The summed E-state index contributed by atoms with van der Waals surface area (Å²) in [5.41, 5.74) is 1.62. The topological polar surface area (TPSA) is 104 Å². The molecule has 0 aliphatic heterocycles. The summed E-state index contributed by atoms with van der Waals surface area (Å²) in [7, 11) is -3.87. The minimum atomic E-state index is -3.87. The molecule has 0 bridgehead atoms. The number of hydrogen-bond donors (Lipinski definition) is 3. The zero-order valence-electron chi connectivity index (χ0n) is 13.5. The van der Waals surface area contributed by atoms with Crippen LogP contribution in [0.15, 0.2) is 77.7 Å². The molecule has 0 saturated heterocycles. The molecule has 0 saturated carbocycles. The Bertz CT molecular complexity index is 1050. The molecule has 0 amide bonds. The van der Waals surface area contributed by atoms with Gasteiger partial charge in [-0.1, -0.05) is 42.5 Å². The number of aromatic carboxylic acids is 1. The molecule has 0 radical (unpaired) electrons. The number of carbonyl (C=O) groups is 1. The standard InChI is InChI=1S/C19H15NO5S/c21-18-12-15(8-11-17(18)19(22)23)20-26(24,25)16-9-6-14(7-10-16)13-4-2-1-3-5-13/h1-12,20-21H,(H,22,23). The molecule has 26 heavy (non-hydrogen) atoms. The maximum Gasteiger partial charge on any atom is 0.339 e. The molecular formula is C19H15NO5S. The van der Waals surface area contributed by atoms with Crippen LogP contribution in [0.1, 0.15) is 10.4 Å². The van der Waals surface area contributed by atoms with Crippen molar-refractivity contribution in [3.05, 3.63) is 78.4 Å². The molecule has 0 spiro atoms. The molecule has 3 aromatic rings. The van der Waals surface area contributed by atoms with Crippen LogP contribution in [0, 0.1) is 0 Å². The van der Waals surface area contributed by atoms with E-state index in [-0.39, 0.29) is 16.1 Å². The van der Waals surface area contributed by atoms with Crippen molar-refractivity contribution in [1.29, 1.82) is 0 Å². The summed E-state index contributed by atoms with van der Waals surface area (Å²) in [4.78, 5) is 10.9. The van der Waals surface area contributed by atoms with Crippen molar-refractivity contribution in [3.63, 3.8) is 0 Å². The molecule has 0 aliphatic carbocycles. The van der Waals surface area contributed by atoms with Gasteiger partial charge in [0.2, 0.25) is 0 Å². The molecule has 6 nitrogen and oxygen atoms in total. The summed E-state index contributed by atoms with van der Waals surface area (Å²) in [6.07, 6.45) is 0. The number of hydrogen-bond acceptors (Lipinski definition) is 4. The molecule has 0 aromatic heterocycles. The molecular weight excluding hydrogens is 354 g/mol. The summed E-state index contributed by atoms with van der Waals surface area (Å²) in [6, 6.07) is 19.4. The quantitative estimate of drug-likeness (QED) is 0.638. The van der Waals surface area contributed by atoms with Gasteiger partial charge in [-0.15, -0.1) is 0 Å². The van der Waals surface area contributed by atoms with Gasteiger partial charge in [0.05, 0.1) is 10.6 Å². The highest BCUT2D eigenvalue weighted by Crippen LogP contribution is 2.25. The second kappa shape index (κ2) is 6.89. The number of nitrogens with one attached hydrogen (secondary N) is 1. The smallest absolute Gasteiger partial charge is 0.339 e. The van der Waals surface area contributed by atoms with Gasteiger partial charge in [0.1, 0.15) is 11.3 Å². The van der Waals surface area contributed by atoms with Crippen LogP contribution in [0.2, 0.25) is 0 Å². The summed E-state index contributed by atoms with van der Waals surface area (Å²) >= 11 is 0. The lowest BCUT2D eigenvalue weighted by Crippen LogP contribution is -2.13. The molecule has 0 heterocycles. The number of carboxylic acids is 1. The third kappa shape index (κ3) is 3.68. The minimum Gasteiger partial charge on any atom is -0.507 e. The van der Waals surface area contributed by atoms with Crippen molar-refractivity contribution in [3.8, 4) is 16.9 Å². The summed E-state index contributed by atoms with van der Waals surface area (Å²) in [6.45, 7) is 0. The maximum atomic E-state index is 12.5. The number of aromatic hydroxyl groups is 1. The van der Waals surface area contributed by atoms with Crippen LogP contribution in [0.4, 0.5) is 5.69 Å². The summed E-state index contributed by atoms with van der Waals surface area (Å²) in [5.74, 6) is -1.81. The molecule has 132 valence electrons. The van der Waals surface area contributed by atoms with Gasteiger partial charge >= 0.3 is 5.97 Å². The number of phenols is 1. The van der Waals surface area contributed by atoms with Gasteiger partial charge < -0.3 is 10.2 Å². The predicted molar refractivity (Wildman–Crippen MR) is 97.8 cm³/mol. The van der Waals surface area contributed by atoms with Gasteiger partial charge in [-0.05, 0) is 35.4 Å². The predicted octanol–water partition coefficient (Wildman–Crippen LogP) is 3.56. The first-order valence-electron chi connectivity index (χ1n) is 7.61. The van der Waals surface area contributed by atoms with Crippen LogP contribution in [0.25, 0.3) is 11.1 Å². The van der Waals surface area contributed by atoms with E-state index in [1.165, 1.54) is 18.2 Å². The van der Waals surface area contributed by atoms with Crippen LogP contribution in [0.5, 0.6) is 5.75 Å². The van der Waals surface area contributed by atoms with E-state index in [9.17, 15) is 18.3 Å². The number of anilines is 1. The van der Waals surface area contributed by atoms with Crippen molar-refractivity contribution in [2.75, 3.05) is 4.72 Å². The van der Waals surface area contributed by atoms with E-state index < -0.39 is 21.7 Å². The minimum absolute atomic E-state index is 0.0546. The van der Waals surface area contributed by atoms with Gasteiger partial charge in [-0.25, -0.2) is 13.2 Å². The fraction of sp³-hybridized carbons (Fsp3) is 0. The van der Waals surface area contributed by atoms with Crippen LogP contribution in [0.3, 0.4) is 0 Å². The lowest BCUT2D eigenvalue weighted by atomic mass is 10.1. The van der Waals surface area contributed by atoms with Crippen LogP contribution < -0.4 is 4.72 Å². The van der Waals surface area contributed by atoms with Gasteiger partial charge in [-0.2, -0.15) is 0 Å². The molecule has 7 heteroatoms. The molecule has 0 fully saturated rings. The highest BCUT2D eigenvalue weighted by Gasteiger charge is 2.16. The lowest BCUT2D eigenvalue weighted by Gasteiger charge is -2.10. The molecule has 3 aromatic carbocycles. The Kier molecular flexibility index (Phi) is 4.64. The Balaban J connectivity index is 1.84. The van der Waals surface area contributed by atoms with Gasteiger partial charge in [0.15, 0.2) is 0 Å². The van der Waals surface area contributed by atoms with E-state index in [1.807, 2.05) is 30.3 Å². The zero-order chi connectivity index (χ0) is 18.7. The Morgan fingerprint density at radius 2 is 1.46 bits per heavy atom. The third-order valence-corrected chi connectivity index (χ3v) is 5.15. The largest absolute Gasteiger partial charge is 0.507 e. The molecule has 0 aliphatic rings. The first-order valence-corrected chi connectivity index (χ1v) is 9.10. The van der Waals surface area contributed by atoms with Crippen LogP contribution in [-0.2, 0) is 10.0 Å². The Labute approximate surface area is 150 Å². The number of rotatable bonds is 5.